The number of hydrogen-bond acceptors (Lipinski definition) is 3. The predicted octanol–water partition coefficient (Wildman–Crippen LogP) is 3.67. The number of fused-ring (bicyclic) bond motifs is 1. The van der Waals surface area contributed by atoms with Crippen molar-refractivity contribution in [3.8, 4) is 6.07 Å². The summed E-state index contributed by atoms with van der Waals surface area (Å²) in [6, 6.07) is 6.52. The molecular formula is C16H14F2N2OS. The molecule has 1 aromatic carbocycles. The van der Waals surface area contributed by atoms with Crippen LogP contribution < -0.4 is 0 Å². The molecule has 0 saturated carbocycles. The molecule has 0 atom stereocenters. The largest absolute Gasteiger partial charge is 0.335 e. The molecule has 6 heteroatoms. The molecule has 1 aliphatic heterocycles. The maximum absolute atomic E-state index is 13.5. The Balaban J connectivity index is 1.90. The Morgan fingerprint density at radius 3 is 2.86 bits per heavy atom. The van der Waals surface area contributed by atoms with E-state index in [9.17, 15) is 13.6 Å². The first kappa shape index (κ1) is 14.9. The summed E-state index contributed by atoms with van der Waals surface area (Å²) in [4.78, 5) is 15.0. The lowest BCUT2D eigenvalue weighted by Crippen LogP contribution is -2.58. The van der Waals surface area contributed by atoms with Crippen LogP contribution in [0.5, 0.6) is 0 Å². The normalized spacial score (nSPS) is 16.4. The standard InChI is InChI=1S/C16H14F2N2OS/c1-10-14(12-6-11(18)2-3-13(12)22-10)15(21)20-8-16(7-19,9-20)4-5-17/h2-3,6H,4-5,8-9H2,1H3. The Labute approximate surface area is 130 Å². The molecule has 1 fully saturated rings. The highest BCUT2D eigenvalue weighted by atomic mass is 32.1. The van der Waals surface area contributed by atoms with E-state index < -0.39 is 12.1 Å². The van der Waals surface area contributed by atoms with Crippen LogP contribution in [0.25, 0.3) is 10.1 Å². The number of halogens is 2. The molecular weight excluding hydrogens is 306 g/mol. The van der Waals surface area contributed by atoms with Crippen LogP contribution in [0.3, 0.4) is 0 Å². The van der Waals surface area contributed by atoms with Crippen LogP contribution in [0, 0.1) is 29.5 Å². The third-order valence-corrected chi connectivity index (χ3v) is 5.21. The Hall–Kier alpha value is -2.00. The van der Waals surface area contributed by atoms with E-state index in [1.165, 1.54) is 28.4 Å². The molecule has 0 spiro atoms. The smallest absolute Gasteiger partial charge is 0.255 e. The molecule has 0 unspecified atom stereocenters. The Morgan fingerprint density at radius 1 is 1.50 bits per heavy atom. The van der Waals surface area contributed by atoms with Gasteiger partial charge in [-0.1, -0.05) is 0 Å². The number of carbonyl (C=O) groups excluding carboxylic acids is 1. The third-order valence-electron chi connectivity index (χ3n) is 4.12. The van der Waals surface area contributed by atoms with Gasteiger partial charge in [-0.2, -0.15) is 5.26 Å². The molecule has 1 aliphatic rings. The van der Waals surface area contributed by atoms with E-state index in [1.807, 2.05) is 6.92 Å². The fraction of sp³-hybridized carbons (Fsp3) is 0.375. The van der Waals surface area contributed by atoms with Gasteiger partial charge in [0.05, 0.1) is 23.7 Å². The lowest BCUT2D eigenvalue weighted by atomic mass is 9.78. The van der Waals surface area contributed by atoms with E-state index in [4.69, 9.17) is 5.26 Å². The van der Waals surface area contributed by atoms with Crippen molar-refractivity contribution in [2.75, 3.05) is 19.8 Å². The van der Waals surface area contributed by atoms with Gasteiger partial charge >= 0.3 is 0 Å². The van der Waals surface area contributed by atoms with Crippen LogP contribution in [0.15, 0.2) is 18.2 Å². The highest BCUT2D eigenvalue weighted by Crippen LogP contribution is 2.38. The number of aryl methyl sites for hydroxylation is 1. The molecule has 0 bridgehead atoms. The van der Waals surface area contributed by atoms with E-state index in [2.05, 4.69) is 6.07 Å². The number of rotatable bonds is 3. The zero-order chi connectivity index (χ0) is 15.9. The van der Waals surface area contributed by atoms with Gasteiger partial charge in [0.25, 0.3) is 5.91 Å². The second-order valence-electron chi connectivity index (χ2n) is 5.67. The number of nitriles is 1. The summed E-state index contributed by atoms with van der Waals surface area (Å²) in [6.45, 7) is 1.73. The first-order valence-electron chi connectivity index (χ1n) is 6.95. The predicted molar refractivity (Wildman–Crippen MR) is 81.1 cm³/mol. The first-order valence-corrected chi connectivity index (χ1v) is 7.76. The number of nitrogens with zero attached hydrogens (tertiary/aromatic N) is 2. The van der Waals surface area contributed by atoms with Crippen LogP contribution in [0.2, 0.25) is 0 Å². The number of alkyl halides is 1. The second kappa shape index (κ2) is 5.33. The zero-order valence-electron chi connectivity index (χ0n) is 12.0. The van der Waals surface area contributed by atoms with Gasteiger partial charge < -0.3 is 4.90 Å². The summed E-state index contributed by atoms with van der Waals surface area (Å²) in [5.74, 6) is -0.592. The van der Waals surface area contributed by atoms with Crippen molar-refractivity contribution >= 4 is 27.3 Å². The molecule has 0 N–H and O–H groups in total. The average molecular weight is 320 g/mol. The average Bonchev–Trinajstić information content (AvgIpc) is 2.77. The lowest BCUT2D eigenvalue weighted by molar-refractivity contribution is 0.0255. The van der Waals surface area contributed by atoms with Gasteiger partial charge in [-0.05, 0) is 31.5 Å². The summed E-state index contributed by atoms with van der Waals surface area (Å²) < 4.78 is 26.8. The van der Waals surface area contributed by atoms with E-state index >= 15 is 0 Å². The Kier molecular flexibility index (Phi) is 3.61. The van der Waals surface area contributed by atoms with Crippen LogP contribution in [-0.4, -0.2) is 30.6 Å². The van der Waals surface area contributed by atoms with Crippen LogP contribution in [-0.2, 0) is 0 Å². The third kappa shape index (κ3) is 2.26. The van der Waals surface area contributed by atoms with Crippen LogP contribution in [0.1, 0.15) is 21.7 Å². The van der Waals surface area contributed by atoms with Crippen molar-refractivity contribution in [2.24, 2.45) is 5.41 Å². The molecule has 1 amide bonds. The fourth-order valence-electron chi connectivity index (χ4n) is 2.91. The van der Waals surface area contributed by atoms with Gasteiger partial charge in [0.2, 0.25) is 0 Å². The summed E-state index contributed by atoms with van der Waals surface area (Å²) in [6.07, 6.45) is 0.144. The summed E-state index contributed by atoms with van der Waals surface area (Å²) in [5.41, 5.74) is -0.277. The van der Waals surface area contributed by atoms with Gasteiger partial charge in [-0.15, -0.1) is 11.3 Å². The molecule has 1 saturated heterocycles. The van der Waals surface area contributed by atoms with Crippen LogP contribution >= 0.6 is 11.3 Å². The summed E-state index contributed by atoms with van der Waals surface area (Å²) in [5, 5.41) is 9.76. The molecule has 2 heterocycles. The van der Waals surface area contributed by atoms with Crippen molar-refractivity contribution in [1.82, 2.24) is 4.90 Å². The second-order valence-corrected chi connectivity index (χ2v) is 6.92. The van der Waals surface area contributed by atoms with Crippen molar-refractivity contribution in [2.45, 2.75) is 13.3 Å². The zero-order valence-corrected chi connectivity index (χ0v) is 12.8. The first-order chi connectivity index (χ1) is 10.5. The fourth-order valence-corrected chi connectivity index (χ4v) is 3.95. The van der Waals surface area contributed by atoms with Crippen molar-refractivity contribution < 1.29 is 13.6 Å². The van der Waals surface area contributed by atoms with Crippen molar-refractivity contribution in [1.29, 1.82) is 5.26 Å². The SMILES string of the molecule is Cc1sc2ccc(F)cc2c1C(=O)N1CC(C#N)(CCF)C1. The van der Waals surface area contributed by atoms with Gasteiger partial charge in [0.15, 0.2) is 0 Å². The highest BCUT2D eigenvalue weighted by Gasteiger charge is 2.46. The Bertz CT molecular complexity index is 787. The topological polar surface area (TPSA) is 44.1 Å². The number of benzene rings is 1. The number of thiophene rings is 1. The van der Waals surface area contributed by atoms with E-state index in [0.717, 1.165) is 9.58 Å². The number of hydrogen-bond donors (Lipinski definition) is 0. The Morgan fingerprint density at radius 2 is 2.23 bits per heavy atom. The quantitative estimate of drug-likeness (QED) is 0.866. The minimum atomic E-state index is -0.768. The monoisotopic (exact) mass is 320 g/mol. The molecule has 2 aromatic rings. The molecule has 3 rings (SSSR count). The maximum atomic E-state index is 13.5. The molecule has 1 aromatic heterocycles. The van der Waals surface area contributed by atoms with Gasteiger partial charge in [0.1, 0.15) is 5.82 Å². The maximum Gasteiger partial charge on any atom is 0.255 e. The summed E-state index contributed by atoms with van der Waals surface area (Å²) >= 11 is 1.44. The minimum Gasteiger partial charge on any atom is -0.335 e. The molecule has 0 radical (unpaired) electrons. The van der Waals surface area contributed by atoms with Crippen molar-refractivity contribution in [3.63, 3.8) is 0 Å². The number of carbonyl (C=O) groups is 1. The number of amides is 1. The van der Waals surface area contributed by atoms with Gasteiger partial charge in [-0.3, -0.25) is 9.18 Å². The van der Waals surface area contributed by atoms with Crippen molar-refractivity contribution in [3.05, 3.63) is 34.5 Å². The molecule has 22 heavy (non-hydrogen) atoms. The number of likely N-dealkylation sites (tertiary alicyclic amines) is 1. The van der Waals surface area contributed by atoms with Crippen LogP contribution in [0.4, 0.5) is 8.78 Å². The molecule has 3 nitrogen and oxygen atoms in total. The van der Waals surface area contributed by atoms with E-state index in [-0.39, 0.29) is 31.2 Å². The highest BCUT2D eigenvalue weighted by molar-refractivity contribution is 7.19. The molecule has 0 aliphatic carbocycles. The van der Waals surface area contributed by atoms with E-state index in [1.54, 1.807) is 6.07 Å². The van der Waals surface area contributed by atoms with Gasteiger partial charge in [0, 0.05) is 28.1 Å². The molecule has 114 valence electrons. The summed E-state index contributed by atoms with van der Waals surface area (Å²) in [7, 11) is 0. The van der Waals surface area contributed by atoms with E-state index in [0.29, 0.717) is 10.9 Å². The lowest BCUT2D eigenvalue weighted by Gasteiger charge is -2.45. The van der Waals surface area contributed by atoms with Gasteiger partial charge in [-0.25, -0.2) is 4.39 Å². The minimum absolute atomic E-state index is 0.144.